The average molecular weight is 480 g/mol. The zero-order valence-electron chi connectivity index (χ0n) is 17.6. The van der Waals surface area contributed by atoms with Crippen molar-refractivity contribution in [1.29, 1.82) is 0 Å². The number of anilines is 1. The van der Waals surface area contributed by atoms with Crippen molar-refractivity contribution in [2.45, 2.75) is 44.4 Å². The summed E-state index contributed by atoms with van der Waals surface area (Å²) in [5.41, 5.74) is 3.70. The van der Waals surface area contributed by atoms with Crippen LogP contribution in [0.25, 0.3) is 11.1 Å². The highest BCUT2D eigenvalue weighted by molar-refractivity contribution is 9.10. The van der Waals surface area contributed by atoms with Crippen molar-refractivity contribution in [1.82, 2.24) is 19.9 Å². The summed E-state index contributed by atoms with van der Waals surface area (Å²) >= 11 is 3.45. The number of nitrogens with zero attached hydrogens (tertiary/aromatic N) is 4. The minimum Gasteiger partial charge on any atom is -0.464 e. The molecule has 1 N–H and O–H groups in total. The van der Waals surface area contributed by atoms with Gasteiger partial charge in [0.05, 0.1) is 11.1 Å². The van der Waals surface area contributed by atoms with E-state index in [1.54, 1.807) is 0 Å². The van der Waals surface area contributed by atoms with Gasteiger partial charge >= 0.3 is 6.01 Å². The highest BCUT2D eigenvalue weighted by Gasteiger charge is 2.56. The number of benzene rings is 1. The maximum absolute atomic E-state index is 5.34. The Hall–Kier alpha value is -2.54. The monoisotopic (exact) mass is 479 g/mol. The van der Waals surface area contributed by atoms with E-state index in [4.69, 9.17) is 4.74 Å². The normalized spacial score (nSPS) is 24.3. The molecule has 31 heavy (non-hydrogen) atoms. The molecule has 2 heterocycles. The molecule has 5 rings (SSSR count). The molecule has 2 aliphatic carbocycles. The van der Waals surface area contributed by atoms with Gasteiger partial charge in [-0.05, 0) is 78.1 Å². The quantitative estimate of drug-likeness (QED) is 0.488. The molecule has 2 fully saturated rings. The molecule has 0 radical (unpaired) electrons. The van der Waals surface area contributed by atoms with E-state index in [2.05, 4.69) is 65.4 Å². The summed E-state index contributed by atoms with van der Waals surface area (Å²) < 4.78 is 6.28. The number of hydrogen-bond acceptors (Lipinski definition) is 6. The van der Waals surface area contributed by atoms with E-state index in [1.807, 2.05) is 31.7 Å². The zero-order chi connectivity index (χ0) is 21.3. The summed E-state index contributed by atoms with van der Waals surface area (Å²) in [5.74, 6) is 1.02. The number of fused-ring (bicyclic) bond motifs is 2. The van der Waals surface area contributed by atoms with E-state index in [9.17, 15) is 0 Å². The second-order valence-corrected chi connectivity index (χ2v) is 9.72. The molecule has 2 bridgehead atoms. The zero-order valence-corrected chi connectivity index (χ0v) is 19.2. The lowest BCUT2D eigenvalue weighted by molar-refractivity contribution is 0.312. The van der Waals surface area contributed by atoms with Crippen LogP contribution in [-0.4, -0.2) is 33.1 Å². The summed E-state index contributed by atoms with van der Waals surface area (Å²) in [6.45, 7) is 3.47. The Morgan fingerprint density at radius 1 is 0.968 bits per heavy atom. The lowest BCUT2D eigenvalue weighted by Gasteiger charge is -2.28. The SMILES string of the molecule is CCOc1ncc(-c2cccc(NCC34CCC(c5ncc(Br)cn5)(CC3)C4)c2)cn1. The molecular weight excluding hydrogens is 454 g/mol. The molecule has 0 unspecified atom stereocenters. The van der Waals surface area contributed by atoms with Crippen LogP contribution in [0.2, 0.25) is 0 Å². The summed E-state index contributed by atoms with van der Waals surface area (Å²) in [7, 11) is 0. The van der Waals surface area contributed by atoms with Gasteiger partial charge in [0.25, 0.3) is 0 Å². The molecule has 0 amide bonds. The number of aromatic nitrogens is 4. The molecule has 0 spiro atoms. The minimum atomic E-state index is 0.157. The third-order valence-electron chi connectivity index (χ3n) is 6.84. The van der Waals surface area contributed by atoms with Gasteiger partial charge in [-0.3, -0.25) is 0 Å². The van der Waals surface area contributed by atoms with Crippen molar-refractivity contribution in [2.24, 2.45) is 5.41 Å². The van der Waals surface area contributed by atoms with Crippen molar-refractivity contribution >= 4 is 21.6 Å². The van der Waals surface area contributed by atoms with Gasteiger partial charge in [-0.15, -0.1) is 0 Å². The number of nitrogens with one attached hydrogen (secondary N) is 1. The van der Waals surface area contributed by atoms with E-state index in [0.29, 0.717) is 18.0 Å². The second kappa shape index (κ2) is 8.19. The highest BCUT2D eigenvalue weighted by atomic mass is 79.9. The molecule has 2 aromatic heterocycles. The van der Waals surface area contributed by atoms with Gasteiger partial charge in [-0.1, -0.05) is 12.1 Å². The molecule has 2 aliphatic rings. The predicted molar refractivity (Wildman–Crippen MR) is 124 cm³/mol. The van der Waals surface area contributed by atoms with Crippen LogP contribution in [-0.2, 0) is 5.41 Å². The fourth-order valence-corrected chi connectivity index (χ4v) is 5.43. The van der Waals surface area contributed by atoms with Gasteiger partial charge < -0.3 is 10.1 Å². The molecule has 1 aromatic carbocycles. The van der Waals surface area contributed by atoms with Crippen molar-refractivity contribution in [3.05, 3.63) is 59.3 Å². The van der Waals surface area contributed by atoms with E-state index < -0.39 is 0 Å². The fraction of sp³-hybridized carbons (Fsp3) is 0.417. The number of hydrogen-bond donors (Lipinski definition) is 1. The largest absolute Gasteiger partial charge is 0.464 e. The van der Waals surface area contributed by atoms with E-state index >= 15 is 0 Å². The first-order chi connectivity index (χ1) is 15.1. The first kappa shape index (κ1) is 20.4. The van der Waals surface area contributed by atoms with Crippen LogP contribution in [0.4, 0.5) is 5.69 Å². The van der Waals surface area contributed by atoms with Gasteiger partial charge in [0.2, 0.25) is 0 Å². The van der Waals surface area contributed by atoms with Crippen molar-refractivity contribution in [3.8, 4) is 17.1 Å². The Morgan fingerprint density at radius 2 is 1.71 bits per heavy atom. The second-order valence-electron chi connectivity index (χ2n) is 8.80. The maximum Gasteiger partial charge on any atom is 0.316 e. The van der Waals surface area contributed by atoms with Crippen LogP contribution >= 0.6 is 15.9 Å². The van der Waals surface area contributed by atoms with Crippen molar-refractivity contribution < 1.29 is 4.74 Å². The minimum absolute atomic E-state index is 0.157. The molecule has 6 nitrogen and oxygen atoms in total. The summed E-state index contributed by atoms with van der Waals surface area (Å²) in [5, 5.41) is 3.71. The van der Waals surface area contributed by atoms with E-state index in [-0.39, 0.29) is 5.41 Å². The Bertz CT molecular complexity index is 1050. The first-order valence-electron chi connectivity index (χ1n) is 10.9. The lowest BCUT2D eigenvalue weighted by Crippen LogP contribution is -2.24. The van der Waals surface area contributed by atoms with Crippen molar-refractivity contribution in [3.63, 3.8) is 0 Å². The fourth-order valence-electron chi connectivity index (χ4n) is 5.23. The van der Waals surface area contributed by atoms with Gasteiger partial charge in [0, 0.05) is 48.0 Å². The molecular formula is C24H26BrN5O. The van der Waals surface area contributed by atoms with Crippen LogP contribution in [0, 0.1) is 5.41 Å². The summed E-state index contributed by atoms with van der Waals surface area (Å²) in [6, 6.07) is 8.88. The standard InChI is InChI=1S/C24H26BrN5O/c1-2-31-22-28-11-18(12-29-22)17-4-3-5-20(10-17)30-16-23-6-8-24(15-23,9-7-23)21-26-13-19(25)14-27-21/h3-5,10-14,30H,2,6-9,15-16H2,1H3. The van der Waals surface area contributed by atoms with E-state index in [0.717, 1.165) is 33.7 Å². The first-order valence-corrected chi connectivity index (χ1v) is 11.7. The van der Waals surface area contributed by atoms with Crippen LogP contribution in [0.1, 0.15) is 44.9 Å². The molecule has 0 aliphatic heterocycles. The van der Waals surface area contributed by atoms with Crippen molar-refractivity contribution in [2.75, 3.05) is 18.5 Å². The average Bonchev–Trinajstić information content (AvgIpc) is 3.37. The van der Waals surface area contributed by atoms with E-state index in [1.165, 1.54) is 32.1 Å². The summed E-state index contributed by atoms with van der Waals surface area (Å²) in [4.78, 5) is 17.9. The molecule has 3 aromatic rings. The van der Waals surface area contributed by atoms with Gasteiger partial charge in [-0.25, -0.2) is 19.9 Å². The Morgan fingerprint density at radius 3 is 2.42 bits per heavy atom. The van der Waals surface area contributed by atoms with Gasteiger partial charge in [0.15, 0.2) is 0 Å². The Labute approximate surface area is 191 Å². The Balaban J connectivity index is 1.27. The number of halogens is 1. The van der Waals surface area contributed by atoms with Crippen LogP contribution in [0.3, 0.4) is 0 Å². The van der Waals surface area contributed by atoms with Crippen LogP contribution in [0.5, 0.6) is 6.01 Å². The molecule has 0 atom stereocenters. The topological polar surface area (TPSA) is 72.8 Å². The third kappa shape index (κ3) is 4.03. The third-order valence-corrected chi connectivity index (χ3v) is 7.25. The molecule has 7 heteroatoms. The number of ether oxygens (including phenoxy) is 1. The molecule has 2 saturated carbocycles. The van der Waals surface area contributed by atoms with Crippen LogP contribution < -0.4 is 10.1 Å². The Kier molecular flexibility index (Phi) is 5.38. The van der Waals surface area contributed by atoms with Gasteiger partial charge in [-0.2, -0.15) is 0 Å². The summed E-state index contributed by atoms with van der Waals surface area (Å²) in [6.07, 6.45) is 13.4. The highest BCUT2D eigenvalue weighted by Crippen LogP contribution is 2.61. The molecule has 160 valence electrons. The lowest BCUT2D eigenvalue weighted by atomic mass is 9.81. The molecule has 0 saturated heterocycles. The number of rotatable bonds is 7. The smallest absolute Gasteiger partial charge is 0.316 e. The maximum atomic E-state index is 5.34. The van der Waals surface area contributed by atoms with Crippen LogP contribution in [0.15, 0.2) is 53.5 Å². The van der Waals surface area contributed by atoms with Gasteiger partial charge in [0.1, 0.15) is 5.82 Å². The predicted octanol–water partition coefficient (Wildman–Crippen LogP) is 5.41.